The van der Waals surface area contributed by atoms with Gasteiger partial charge in [0.2, 0.25) is 5.78 Å². The molecule has 1 aliphatic carbocycles. The van der Waals surface area contributed by atoms with Gasteiger partial charge in [-0.2, -0.15) is 0 Å². The second-order valence-corrected chi connectivity index (χ2v) is 6.70. The molecule has 0 saturated heterocycles. The van der Waals surface area contributed by atoms with Crippen molar-refractivity contribution in [2.75, 3.05) is 0 Å². The van der Waals surface area contributed by atoms with Gasteiger partial charge in [-0.3, -0.25) is 9.20 Å². The van der Waals surface area contributed by atoms with Crippen molar-refractivity contribution in [2.45, 2.75) is 32.6 Å². The fourth-order valence-corrected chi connectivity index (χ4v) is 3.40. The number of aromatic nitrogens is 2. The number of rotatable bonds is 3. The van der Waals surface area contributed by atoms with E-state index in [4.69, 9.17) is 11.6 Å². The van der Waals surface area contributed by atoms with E-state index in [1.54, 1.807) is 6.07 Å². The molecular weight excluding hydrogens is 308 g/mol. The van der Waals surface area contributed by atoms with Crippen LogP contribution in [0.4, 0.5) is 0 Å². The Bertz CT molecular complexity index is 938. The van der Waals surface area contributed by atoms with E-state index < -0.39 is 0 Å². The summed E-state index contributed by atoms with van der Waals surface area (Å²) in [6.45, 7) is 3.93. The summed E-state index contributed by atoms with van der Waals surface area (Å²) in [5.41, 5.74) is 4.58. The minimum absolute atomic E-state index is 0.0915. The molecule has 3 aromatic rings. The third kappa shape index (κ3) is 2.36. The summed E-state index contributed by atoms with van der Waals surface area (Å²) in [6.07, 6.45) is 4.21. The van der Waals surface area contributed by atoms with Gasteiger partial charge in [-0.1, -0.05) is 29.8 Å². The molecule has 0 radical (unpaired) electrons. The molecule has 1 saturated carbocycles. The van der Waals surface area contributed by atoms with Crippen LogP contribution in [0, 0.1) is 13.8 Å². The Balaban J connectivity index is 1.92. The first-order valence-electron chi connectivity index (χ1n) is 7.84. The number of hydrogen-bond donors (Lipinski definition) is 0. The normalized spacial score (nSPS) is 14.4. The van der Waals surface area contributed by atoms with E-state index in [2.05, 4.69) is 4.98 Å². The molecule has 3 nitrogen and oxygen atoms in total. The summed E-state index contributed by atoms with van der Waals surface area (Å²) in [5, 5.41) is 0.515. The molecule has 0 atom stereocenters. The number of benzene rings is 1. The first-order valence-corrected chi connectivity index (χ1v) is 8.22. The number of aryl methyl sites for hydroxylation is 2. The lowest BCUT2D eigenvalue weighted by Gasteiger charge is -2.09. The molecule has 1 aliphatic rings. The van der Waals surface area contributed by atoms with Gasteiger partial charge < -0.3 is 0 Å². The van der Waals surface area contributed by atoms with E-state index in [1.165, 1.54) is 0 Å². The minimum atomic E-state index is -0.0915. The van der Waals surface area contributed by atoms with Crippen molar-refractivity contribution in [3.05, 3.63) is 69.8 Å². The van der Waals surface area contributed by atoms with Crippen molar-refractivity contribution in [2.24, 2.45) is 0 Å². The maximum absolute atomic E-state index is 13.2. The Hall–Kier alpha value is -2.13. The topological polar surface area (TPSA) is 34.4 Å². The molecule has 0 amide bonds. The fourth-order valence-electron chi connectivity index (χ4n) is 3.13. The van der Waals surface area contributed by atoms with E-state index in [0.29, 0.717) is 22.3 Å². The van der Waals surface area contributed by atoms with Gasteiger partial charge in [0.1, 0.15) is 0 Å². The predicted octanol–water partition coefficient (Wildman–Crippen LogP) is 4.71. The standard InChI is InChI=1S/C19H17ClN2O/c1-11-6-9-16-12(2)21-19(22(16)10-11)18(23)17-14(13-7-8-13)4-3-5-15(17)20/h3-6,9-10,13H,7-8H2,1-2H3. The molecule has 23 heavy (non-hydrogen) atoms. The van der Waals surface area contributed by atoms with Gasteiger partial charge in [0.05, 0.1) is 16.2 Å². The van der Waals surface area contributed by atoms with Crippen LogP contribution in [-0.2, 0) is 0 Å². The summed E-state index contributed by atoms with van der Waals surface area (Å²) < 4.78 is 1.88. The van der Waals surface area contributed by atoms with Crippen molar-refractivity contribution in [3.8, 4) is 0 Å². The van der Waals surface area contributed by atoms with Gasteiger partial charge in [0, 0.05) is 11.8 Å². The van der Waals surface area contributed by atoms with Crippen LogP contribution >= 0.6 is 11.6 Å². The summed E-state index contributed by atoms with van der Waals surface area (Å²) in [4.78, 5) is 17.7. The van der Waals surface area contributed by atoms with Gasteiger partial charge in [-0.25, -0.2) is 4.98 Å². The maximum Gasteiger partial charge on any atom is 0.230 e. The summed E-state index contributed by atoms with van der Waals surface area (Å²) >= 11 is 6.38. The van der Waals surface area contributed by atoms with Gasteiger partial charge in [0.25, 0.3) is 0 Å². The SMILES string of the molecule is Cc1ccc2c(C)nc(C(=O)c3c(Cl)cccc3C3CC3)n2c1. The van der Waals surface area contributed by atoms with Crippen LogP contribution in [0.2, 0.25) is 5.02 Å². The number of carbonyl (C=O) groups excluding carboxylic acids is 1. The second kappa shape index (κ2) is 5.20. The Morgan fingerprint density at radius 2 is 2.00 bits per heavy atom. The average Bonchev–Trinajstić information content (AvgIpc) is 3.31. The fraction of sp³-hybridized carbons (Fsp3) is 0.263. The molecule has 1 aromatic carbocycles. The summed E-state index contributed by atoms with van der Waals surface area (Å²) in [5.74, 6) is 0.809. The lowest BCUT2D eigenvalue weighted by Crippen LogP contribution is -2.10. The van der Waals surface area contributed by atoms with Crippen LogP contribution in [-0.4, -0.2) is 15.2 Å². The maximum atomic E-state index is 13.2. The Labute approximate surface area is 139 Å². The zero-order chi connectivity index (χ0) is 16.1. The Morgan fingerprint density at radius 1 is 1.22 bits per heavy atom. The van der Waals surface area contributed by atoms with Gasteiger partial charge >= 0.3 is 0 Å². The van der Waals surface area contributed by atoms with Gasteiger partial charge in [-0.05, 0) is 55.9 Å². The molecule has 0 aliphatic heterocycles. The van der Waals surface area contributed by atoms with E-state index >= 15 is 0 Å². The van der Waals surface area contributed by atoms with E-state index in [0.717, 1.165) is 35.2 Å². The van der Waals surface area contributed by atoms with E-state index in [-0.39, 0.29) is 5.78 Å². The van der Waals surface area contributed by atoms with Crippen LogP contribution in [0.1, 0.15) is 51.8 Å². The molecule has 4 rings (SSSR count). The number of nitrogens with zero attached hydrogens (tertiary/aromatic N) is 2. The van der Waals surface area contributed by atoms with Crippen molar-refractivity contribution < 1.29 is 4.79 Å². The second-order valence-electron chi connectivity index (χ2n) is 6.29. The predicted molar refractivity (Wildman–Crippen MR) is 91.5 cm³/mol. The molecule has 0 bridgehead atoms. The summed E-state index contributed by atoms with van der Waals surface area (Å²) in [7, 11) is 0. The number of imidazole rings is 1. The molecule has 0 unspecified atom stereocenters. The lowest BCUT2D eigenvalue weighted by molar-refractivity contribution is 0.102. The highest BCUT2D eigenvalue weighted by atomic mass is 35.5. The zero-order valence-electron chi connectivity index (χ0n) is 13.1. The Morgan fingerprint density at radius 3 is 2.74 bits per heavy atom. The van der Waals surface area contributed by atoms with Crippen LogP contribution in [0.25, 0.3) is 5.52 Å². The largest absolute Gasteiger partial charge is 0.296 e. The number of carbonyl (C=O) groups is 1. The monoisotopic (exact) mass is 324 g/mol. The first kappa shape index (κ1) is 14.5. The average molecular weight is 325 g/mol. The number of pyridine rings is 1. The third-order valence-electron chi connectivity index (χ3n) is 4.46. The van der Waals surface area contributed by atoms with Crippen molar-refractivity contribution in [3.63, 3.8) is 0 Å². The van der Waals surface area contributed by atoms with Crippen molar-refractivity contribution in [1.82, 2.24) is 9.38 Å². The highest BCUT2D eigenvalue weighted by Crippen LogP contribution is 2.43. The smallest absolute Gasteiger partial charge is 0.230 e. The molecule has 0 spiro atoms. The quantitative estimate of drug-likeness (QED) is 0.654. The lowest BCUT2D eigenvalue weighted by atomic mass is 9.99. The highest BCUT2D eigenvalue weighted by molar-refractivity contribution is 6.35. The van der Waals surface area contributed by atoms with Crippen molar-refractivity contribution in [1.29, 1.82) is 0 Å². The van der Waals surface area contributed by atoms with Crippen LogP contribution in [0.5, 0.6) is 0 Å². The van der Waals surface area contributed by atoms with Crippen LogP contribution < -0.4 is 0 Å². The first-order chi connectivity index (χ1) is 11.1. The molecule has 2 heterocycles. The molecular formula is C19H17ClN2O. The van der Waals surface area contributed by atoms with Gasteiger partial charge in [0.15, 0.2) is 5.82 Å². The number of halogens is 1. The number of fused-ring (bicyclic) bond motifs is 1. The Kier molecular flexibility index (Phi) is 3.27. The molecule has 0 N–H and O–H groups in total. The van der Waals surface area contributed by atoms with Crippen LogP contribution in [0.3, 0.4) is 0 Å². The van der Waals surface area contributed by atoms with Gasteiger partial charge in [-0.15, -0.1) is 0 Å². The summed E-state index contributed by atoms with van der Waals surface area (Å²) in [6, 6.07) is 9.76. The minimum Gasteiger partial charge on any atom is -0.296 e. The number of hydrogen-bond acceptors (Lipinski definition) is 2. The molecule has 1 fully saturated rings. The highest BCUT2D eigenvalue weighted by Gasteiger charge is 2.31. The molecule has 116 valence electrons. The van der Waals surface area contributed by atoms with Crippen molar-refractivity contribution >= 4 is 22.9 Å². The van der Waals surface area contributed by atoms with E-state index in [9.17, 15) is 4.79 Å². The third-order valence-corrected chi connectivity index (χ3v) is 4.78. The zero-order valence-corrected chi connectivity index (χ0v) is 13.9. The van der Waals surface area contributed by atoms with E-state index in [1.807, 2.05) is 48.7 Å². The molecule has 2 aromatic heterocycles. The number of ketones is 1. The van der Waals surface area contributed by atoms with Crippen LogP contribution in [0.15, 0.2) is 36.5 Å². The molecule has 4 heteroatoms.